The molecule has 0 unspecified atom stereocenters. The van der Waals surface area contributed by atoms with Gasteiger partial charge in [0.15, 0.2) is 5.65 Å². The van der Waals surface area contributed by atoms with Crippen molar-refractivity contribution in [3.05, 3.63) is 54.5 Å². The Hall–Kier alpha value is -2.73. The second-order valence-corrected chi connectivity index (χ2v) is 6.91. The van der Waals surface area contributed by atoms with Gasteiger partial charge in [-0.1, -0.05) is 25.0 Å². The fraction of sp³-hybridized carbons (Fsp3) is 0.381. The Morgan fingerprint density at radius 1 is 1.26 bits per heavy atom. The average molecular weight is 364 g/mol. The summed E-state index contributed by atoms with van der Waals surface area (Å²) in [6.07, 6.45) is 11.5. The Morgan fingerprint density at radius 2 is 2.15 bits per heavy atom. The summed E-state index contributed by atoms with van der Waals surface area (Å²) in [5.41, 5.74) is 3.26. The van der Waals surface area contributed by atoms with E-state index >= 15 is 0 Å². The fourth-order valence-electron chi connectivity index (χ4n) is 3.54. The highest BCUT2D eigenvalue weighted by Crippen LogP contribution is 2.24. The van der Waals surface area contributed by atoms with Crippen LogP contribution in [-0.4, -0.2) is 39.8 Å². The lowest BCUT2D eigenvalue weighted by atomic mass is 10.1. The van der Waals surface area contributed by atoms with E-state index in [0.717, 1.165) is 23.2 Å². The molecule has 0 saturated heterocycles. The van der Waals surface area contributed by atoms with Gasteiger partial charge >= 0.3 is 0 Å². The van der Waals surface area contributed by atoms with Gasteiger partial charge in [0.1, 0.15) is 0 Å². The topological polar surface area (TPSA) is 68.5 Å². The second kappa shape index (κ2) is 8.31. The number of fused-ring (bicyclic) bond motifs is 1. The molecule has 1 aliphatic carbocycles. The van der Waals surface area contributed by atoms with E-state index in [-0.39, 0.29) is 5.91 Å². The van der Waals surface area contributed by atoms with Crippen molar-refractivity contribution in [2.75, 3.05) is 13.2 Å². The van der Waals surface area contributed by atoms with E-state index in [2.05, 4.69) is 15.4 Å². The van der Waals surface area contributed by atoms with E-state index in [0.29, 0.717) is 24.8 Å². The highest BCUT2D eigenvalue weighted by molar-refractivity contribution is 5.96. The summed E-state index contributed by atoms with van der Waals surface area (Å²) < 4.78 is 7.56. The fourth-order valence-corrected chi connectivity index (χ4v) is 3.54. The van der Waals surface area contributed by atoms with Crippen LogP contribution in [0.5, 0.6) is 0 Å². The maximum Gasteiger partial charge on any atom is 0.251 e. The molecule has 1 amide bonds. The molecule has 0 bridgehead atoms. The van der Waals surface area contributed by atoms with Crippen molar-refractivity contribution < 1.29 is 9.53 Å². The van der Waals surface area contributed by atoms with E-state index < -0.39 is 0 Å². The molecule has 0 radical (unpaired) electrons. The largest absolute Gasteiger partial charge is 0.378 e. The zero-order valence-electron chi connectivity index (χ0n) is 15.3. The Morgan fingerprint density at radius 3 is 3.04 bits per heavy atom. The number of hydrogen-bond acceptors (Lipinski definition) is 4. The number of aromatic nitrogens is 3. The summed E-state index contributed by atoms with van der Waals surface area (Å²) in [6.45, 7) is 1.33. The van der Waals surface area contributed by atoms with Gasteiger partial charge < -0.3 is 10.1 Å². The Kier molecular flexibility index (Phi) is 5.44. The molecule has 6 nitrogen and oxygen atoms in total. The van der Waals surface area contributed by atoms with Crippen LogP contribution in [0.1, 0.15) is 42.5 Å². The predicted molar refractivity (Wildman–Crippen MR) is 104 cm³/mol. The lowest BCUT2D eigenvalue weighted by molar-refractivity contribution is 0.0565. The average Bonchev–Trinajstić information content (AvgIpc) is 3.37. The number of carbonyl (C=O) groups is 1. The van der Waals surface area contributed by atoms with Crippen LogP contribution < -0.4 is 5.32 Å². The number of rotatable bonds is 7. The summed E-state index contributed by atoms with van der Waals surface area (Å²) in [7, 11) is 0. The number of amides is 1. The summed E-state index contributed by atoms with van der Waals surface area (Å²) in [5, 5.41) is 7.29. The maximum atomic E-state index is 12.5. The number of nitrogens with zero attached hydrogens (tertiary/aromatic N) is 3. The van der Waals surface area contributed by atoms with Crippen LogP contribution in [0.2, 0.25) is 0 Å². The van der Waals surface area contributed by atoms with Crippen LogP contribution in [-0.2, 0) is 4.74 Å². The third-order valence-corrected chi connectivity index (χ3v) is 4.98. The summed E-state index contributed by atoms with van der Waals surface area (Å²) in [4.78, 5) is 16.8. The Bertz CT molecular complexity index is 915. The van der Waals surface area contributed by atoms with Crippen molar-refractivity contribution in [3.8, 4) is 11.1 Å². The van der Waals surface area contributed by atoms with Crippen LogP contribution in [0, 0.1) is 0 Å². The van der Waals surface area contributed by atoms with Gasteiger partial charge in [0, 0.05) is 36.7 Å². The third kappa shape index (κ3) is 4.17. The summed E-state index contributed by atoms with van der Waals surface area (Å²) in [5.74, 6) is -0.0675. The summed E-state index contributed by atoms with van der Waals surface area (Å²) in [6, 6.07) is 9.41. The van der Waals surface area contributed by atoms with E-state index in [9.17, 15) is 4.79 Å². The first-order valence-electron chi connectivity index (χ1n) is 9.60. The van der Waals surface area contributed by atoms with Crippen LogP contribution in [0.4, 0.5) is 0 Å². The van der Waals surface area contributed by atoms with Gasteiger partial charge in [-0.3, -0.25) is 4.79 Å². The Labute approximate surface area is 158 Å². The molecule has 1 N–H and O–H groups in total. The molecule has 4 rings (SSSR count). The molecule has 2 heterocycles. The number of benzene rings is 1. The molecule has 6 heteroatoms. The minimum absolute atomic E-state index is 0.0675. The van der Waals surface area contributed by atoms with Gasteiger partial charge in [0.25, 0.3) is 5.91 Å². The van der Waals surface area contributed by atoms with Crippen LogP contribution >= 0.6 is 0 Å². The van der Waals surface area contributed by atoms with E-state index in [1.165, 1.54) is 25.7 Å². The molecule has 0 aliphatic heterocycles. The molecule has 1 fully saturated rings. The number of carbonyl (C=O) groups excluding carboxylic acids is 1. The zero-order valence-corrected chi connectivity index (χ0v) is 15.3. The van der Waals surface area contributed by atoms with Crippen LogP contribution in [0.3, 0.4) is 0 Å². The lowest BCUT2D eigenvalue weighted by Crippen LogP contribution is -2.25. The molecule has 27 heavy (non-hydrogen) atoms. The molecular formula is C21H24N4O2. The van der Waals surface area contributed by atoms with Crippen LogP contribution in [0.15, 0.2) is 48.9 Å². The third-order valence-electron chi connectivity index (χ3n) is 4.98. The second-order valence-electron chi connectivity index (χ2n) is 6.91. The molecule has 1 aliphatic rings. The van der Waals surface area contributed by atoms with Crippen molar-refractivity contribution in [3.63, 3.8) is 0 Å². The van der Waals surface area contributed by atoms with Crippen molar-refractivity contribution in [2.24, 2.45) is 0 Å². The number of nitrogens with one attached hydrogen (secondary N) is 1. The van der Waals surface area contributed by atoms with Gasteiger partial charge in [0.05, 0.1) is 12.3 Å². The first-order chi connectivity index (χ1) is 13.3. The Balaban J connectivity index is 1.35. The minimum atomic E-state index is -0.0675. The number of ether oxygens (including phenoxy) is 1. The van der Waals surface area contributed by atoms with Crippen molar-refractivity contribution >= 4 is 11.6 Å². The highest BCUT2D eigenvalue weighted by Gasteiger charge is 2.15. The number of hydrogen-bond donors (Lipinski definition) is 1. The van der Waals surface area contributed by atoms with E-state index in [4.69, 9.17) is 4.74 Å². The zero-order chi connectivity index (χ0) is 18.5. The predicted octanol–water partition coefficient (Wildman–Crippen LogP) is 3.48. The quantitative estimate of drug-likeness (QED) is 0.652. The molecule has 0 atom stereocenters. The monoisotopic (exact) mass is 364 g/mol. The maximum absolute atomic E-state index is 12.5. The highest BCUT2D eigenvalue weighted by atomic mass is 16.5. The van der Waals surface area contributed by atoms with Gasteiger partial charge in [-0.05, 0) is 43.0 Å². The van der Waals surface area contributed by atoms with Gasteiger partial charge in [-0.15, -0.1) is 0 Å². The van der Waals surface area contributed by atoms with Crippen LogP contribution in [0.25, 0.3) is 16.8 Å². The van der Waals surface area contributed by atoms with Gasteiger partial charge in [-0.25, -0.2) is 9.50 Å². The SMILES string of the molecule is O=C(NCCCOC1CCCC1)c1cccc(-c2cnn3cccnc23)c1. The van der Waals surface area contributed by atoms with Gasteiger partial charge in [-0.2, -0.15) is 5.10 Å². The summed E-state index contributed by atoms with van der Waals surface area (Å²) >= 11 is 0. The molecule has 3 aromatic rings. The minimum Gasteiger partial charge on any atom is -0.378 e. The first-order valence-corrected chi connectivity index (χ1v) is 9.60. The first kappa shape index (κ1) is 17.7. The van der Waals surface area contributed by atoms with Crippen molar-refractivity contribution in [1.29, 1.82) is 0 Å². The van der Waals surface area contributed by atoms with Crippen molar-refractivity contribution in [2.45, 2.75) is 38.2 Å². The standard InChI is InChI=1S/C21H24N4O2/c26-21(23-11-5-13-27-18-8-1-2-9-18)17-7-3-6-16(14-17)19-15-24-25-12-4-10-22-20(19)25/h3-4,6-7,10,12,14-15,18H,1-2,5,8-9,11,13H2,(H,23,26). The van der Waals surface area contributed by atoms with Crippen molar-refractivity contribution in [1.82, 2.24) is 19.9 Å². The van der Waals surface area contributed by atoms with Gasteiger partial charge in [0.2, 0.25) is 0 Å². The molecule has 1 aromatic carbocycles. The molecule has 2 aromatic heterocycles. The molecular weight excluding hydrogens is 340 g/mol. The molecule has 1 saturated carbocycles. The molecule has 140 valence electrons. The normalized spacial score (nSPS) is 14.7. The van der Waals surface area contributed by atoms with E-state index in [1.54, 1.807) is 16.9 Å². The smallest absolute Gasteiger partial charge is 0.251 e. The van der Waals surface area contributed by atoms with E-state index in [1.807, 2.05) is 36.5 Å². The molecule has 0 spiro atoms. The lowest BCUT2D eigenvalue weighted by Gasteiger charge is -2.11.